The zero-order valence-corrected chi connectivity index (χ0v) is 31.9. The topological polar surface area (TPSA) is 143 Å². The smallest absolute Gasteiger partial charge is 0.341 e. The van der Waals surface area contributed by atoms with Gasteiger partial charge in [0.15, 0.2) is 0 Å². The van der Waals surface area contributed by atoms with Crippen LogP contribution < -0.4 is 20.7 Å². The van der Waals surface area contributed by atoms with E-state index in [2.05, 4.69) is 16.0 Å². The van der Waals surface area contributed by atoms with E-state index in [1.807, 2.05) is 36.4 Å². The number of thioether (sulfide) groups is 1. The normalized spacial score (nSPS) is 12.9. The fourth-order valence-corrected chi connectivity index (χ4v) is 8.32. The molecule has 4 aromatic carbocycles. The van der Waals surface area contributed by atoms with Gasteiger partial charge in [-0.2, -0.15) is 0 Å². The number of hydrogen-bond donors (Lipinski definition) is 3. The molecule has 1 aliphatic rings. The molecule has 1 aromatic heterocycles. The lowest BCUT2D eigenvalue weighted by molar-refractivity contribution is -0.129. The summed E-state index contributed by atoms with van der Waals surface area (Å²) in [6, 6.07) is 31.9. The minimum Gasteiger partial charge on any atom is -0.497 e. The number of benzene rings is 4. The summed E-state index contributed by atoms with van der Waals surface area (Å²) in [6.45, 7) is 2.31. The summed E-state index contributed by atoms with van der Waals surface area (Å²) < 4.78 is 10.5. The van der Waals surface area contributed by atoms with Crippen LogP contribution in [0.15, 0.2) is 120 Å². The van der Waals surface area contributed by atoms with E-state index in [0.717, 1.165) is 16.0 Å². The lowest BCUT2D eigenvalue weighted by atomic mass is 10.0. The molecular weight excluding hydrogens is 737 g/mol. The van der Waals surface area contributed by atoms with E-state index in [0.29, 0.717) is 57.5 Å². The Balaban J connectivity index is 1.26. The van der Waals surface area contributed by atoms with E-state index in [1.54, 1.807) is 90.9 Å². The number of thiophene rings is 1. The van der Waals surface area contributed by atoms with Gasteiger partial charge in [-0.25, -0.2) is 4.79 Å². The molecule has 13 heteroatoms. The number of carbonyl (C=O) groups is 5. The number of amides is 4. The highest BCUT2D eigenvalue weighted by molar-refractivity contribution is 8.00. The summed E-state index contributed by atoms with van der Waals surface area (Å²) in [6.07, 6.45) is 2.03. The predicted octanol–water partition coefficient (Wildman–Crippen LogP) is 7.33. The summed E-state index contributed by atoms with van der Waals surface area (Å²) in [5.74, 6) is -1.43. The maximum atomic E-state index is 14.2. The minimum atomic E-state index is -0.765. The molecule has 1 atom stereocenters. The van der Waals surface area contributed by atoms with E-state index >= 15 is 0 Å². The van der Waals surface area contributed by atoms with Gasteiger partial charge in [0.05, 0.1) is 26.3 Å². The number of fused-ring (bicyclic) bond motifs is 1. The lowest BCUT2D eigenvalue weighted by Crippen LogP contribution is -2.33. The summed E-state index contributed by atoms with van der Waals surface area (Å²) in [7, 11) is 2.84. The third-order valence-corrected chi connectivity index (χ3v) is 11.1. The first-order valence-corrected chi connectivity index (χ1v) is 19.0. The molecule has 3 N–H and O–H groups in total. The first-order chi connectivity index (χ1) is 26.6. The molecule has 2 heterocycles. The van der Waals surface area contributed by atoms with Crippen LogP contribution in [0.25, 0.3) is 6.08 Å². The van der Waals surface area contributed by atoms with Gasteiger partial charge in [-0.3, -0.25) is 19.2 Å². The van der Waals surface area contributed by atoms with Gasteiger partial charge in [-0.1, -0.05) is 66.7 Å². The number of ether oxygens (including phenoxy) is 2. The van der Waals surface area contributed by atoms with Crippen LogP contribution in [0.2, 0.25) is 0 Å². The van der Waals surface area contributed by atoms with Crippen molar-refractivity contribution >= 4 is 69.5 Å². The number of anilines is 2. The van der Waals surface area contributed by atoms with Crippen LogP contribution in [-0.2, 0) is 32.1 Å². The molecule has 0 fully saturated rings. The molecule has 4 amide bonds. The predicted molar refractivity (Wildman–Crippen MR) is 214 cm³/mol. The van der Waals surface area contributed by atoms with Gasteiger partial charge in [0.2, 0.25) is 11.8 Å². The summed E-state index contributed by atoms with van der Waals surface area (Å²) in [5, 5.41) is 8.24. The highest BCUT2D eigenvalue weighted by Crippen LogP contribution is 2.41. The van der Waals surface area contributed by atoms with Crippen molar-refractivity contribution in [2.75, 3.05) is 31.4 Å². The SMILES string of the molecule is COC(=O)c1c(NC(=O)C(Sc2cccc(NC(=O)/C(=C/c3cccc(OC)c3)NC(=O)c3ccccc3)c2)c2ccccc2)sc2c1CCN(C(C)=O)C2. The highest BCUT2D eigenvalue weighted by Gasteiger charge is 2.32. The average Bonchev–Trinajstić information content (AvgIpc) is 3.57. The van der Waals surface area contributed by atoms with Gasteiger partial charge >= 0.3 is 5.97 Å². The molecule has 0 aliphatic carbocycles. The number of hydrogen-bond acceptors (Lipinski definition) is 9. The van der Waals surface area contributed by atoms with Crippen molar-refractivity contribution in [2.45, 2.75) is 30.0 Å². The number of nitrogens with zero attached hydrogens (tertiary/aromatic N) is 1. The molecular formula is C42H38N4O7S2. The van der Waals surface area contributed by atoms with Crippen LogP contribution >= 0.6 is 23.1 Å². The van der Waals surface area contributed by atoms with E-state index < -0.39 is 23.0 Å². The number of methoxy groups -OCH3 is 2. The second-order valence-corrected chi connectivity index (χ2v) is 14.7. The van der Waals surface area contributed by atoms with Crippen molar-refractivity contribution in [3.8, 4) is 5.75 Å². The molecule has 0 bridgehead atoms. The Hall–Kier alpha value is -6.18. The van der Waals surface area contributed by atoms with Crippen molar-refractivity contribution < 1.29 is 33.4 Å². The second kappa shape index (κ2) is 17.8. The molecule has 6 rings (SSSR count). The molecule has 0 saturated heterocycles. The first-order valence-electron chi connectivity index (χ1n) is 17.3. The zero-order chi connectivity index (χ0) is 38.9. The summed E-state index contributed by atoms with van der Waals surface area (Å²) >= 11 is 2.53. The quantitative estimate of drug-likeness (QED) is 0.0680. The minimum absolute atomic E-state index is 0.00757. The van der Waals surface area contributed by atoms with Crippen LogP contribution in [-0.4, -0.2) is 55.3 Å². The third-order valence-electron chi connectivity index (χ3n) is 8.75. The summed E-state index contributed by atoms with van der Waals surface area (Å²) in [4.78, 5) is 69.5. The van der Waals surface area contributed by atoms with E-state index in [1.165, 1.54) is 37.1 Å². The van der Waals surface area contributed by atoms with Crippen molar-refractivity contribution in [3.63, 3.8) is 0 Å². The zero-order valence-electron chi connectivity index (χ0n) is 30.3. The van der Waals surface area contributed by atoms with Gasteiger partial charge in [0.25, 0.3) is 11.8 Å². The number of rotatable bonds is 12. The van der Waals surface area contributed by atoms with Crippen molar-refractivity contribution in [1.82, 2.24) is 10.2 Å². The molecule has 55 heavy (non-hydrogen) atoms. The first kappa shape index (κ1) is 38.5. The van der Waals surface area contributed by atoms with E-state index in [-0.39, 0.29) is 17.5 Å². The number of esters is 1. The van der Waals surface area contributed by atoms with Crippen LogP contribution in [0.5, 0.6) is 5.75 Å². The molecule has 5 aromatic rings. The van der Waals surface area contributed by atoms with Crippen LogP contribution in [0, 0.1) is 0 Å². The Morgan fingerprint density at radius 1 is 0.855 bits per heavy atom. The van der Waals surface area contributed by atoms with Crippen molar-refractivity contribution in [1.29, 1.82) is 0 Å². The molecule has 0 saturated carbocycles. The van der Waals surface area contributed by atoms with Crippen LogP contribution in [0.1, 0.15) is 54.5 Å². The Labute approximate surface area is 326 Å². The Bertz CT molecular complexity index is 2260. The Morgan fingerprint density at radius 2 is 1.58 bits per heavy atom. The molecule has 11 nitrogen and oxygen atoms in total. The fraction of sp³-hybridized carbons (Fsp3) is 0.167. The molecule has 1 aliphatic heterocycles. The highest BCUT2D eigenvalue weighted by atomic mass is 32.2. The maximum Gasteiger partial charge on any atom is 0.341 e. The van der Waals surface area contributed by atoms with Crippen molar-refractivity contribution in [2.24, 2.45) is 0 Å². The van der Waals surface area contributed by atoms with Crippen molar-refractivity contribution in [3.05, 3.63) is 148 Å². The third kappa shape index (κ3) is 9.50. The largest absolute Gasteiger partial charge is 0.497 e. The molecule has 1 unspecified atom stereocenters. The van der Waals surface area contributed by atoms with E-state index in [9.17, 15) is 24.0 Å². The summed E-state index contributed by atoms with van der Waals surface area (Å²) in [5.41, 5.74) is 3.26. The molecule has 0 spiro atoms. The standard InChI is InChI=1S/C42H38N4O7S2/c1-26(47)46-21-20-33-35(25-46)55-41(36(33)42(51)53-3)45-40(50)37(28-13-6-4-7-14-28)54-32-19-11-17-30(24-32)43-39(49)34(23-27-12-10-18-31(22-27)52-2)44-38(48)29-15-8-5-9-16-29/h4-19,22-24,37H,20-21,25H2,1-3H3,(H,43,49)(H,44,48)(H,45,50)/b34-23-. The van der Waals surface area contributed by atoms with Crippen LogP contribution in [0.3, 0.4) is 0 Å². The van der Waals surface area contributed by atoms with Gasteiger partial charge in [0, 0.05) is 34.5 Å². The fourth-order valence-electron chi connectivity index (χ4n) is 5.98. The Morgan fingerprint density at radius 3 is 2.29 bits per heavy atom. The van der Waals surface area contributed by atoms with Gasteiger partial charge < -0.3 is 30.3 Å². The molecule has 280 valence electrons. The number of carbonyl (C=O) groups excluding carboxylic acids is 5. The second-order valence-electron chi connectivity index (χ2n) is 12.4. The number of nitrogens with one attached hydrogen (secondary N) is 3. The lowest BCUT2D eigenvalue weighted by Gasteiger charge is -2.25. The average molecular weight is 775 g/mol. The molecule has 0 radical (unpaired) electrons. The van der Waals surface area contributed by atoms with Gasteiger partial charge in [0.1, 0.15) is 21.7 Å². The maximum absolute atomic E-state index is 14.2. The van der Waals surface area contributed by atoms with Gasteiger partial charge in [-0.15, -0.1) is 23.1 Å². The Kier molecular flexibility index (Phi) is 12.4. The monoisotopic (exact) mass is 774 g/mol. The van der Waals surface area contributed by atoms with Gasteiger partial charge in [-0.05, 0) is 71.7 Å². The van der Waals surface area contributed by atoms with Crippen LogP contribution in [0.4, 0.5) is 10.7 Å². The van der Waals surface area contributed by atoms with E-state index in [4.69, 9.17) is 9.47 Å².